The maximum Gasteiger partial charge on any atom is 0.0857 e. The number of benzene rings is 1. The number of hydrogen-bond acceptors (Lipinski definition) is 6. The molecule has 0 aliphatic carbocycles. The Hall–Kier alpha value is -2.15. The van der Waals surface area contributed by atoms with Crippen molar-refractivity contribution in [2.45, 2.75) is 44.6 Å². The molecular formula is C27H33ClN4O2. The Balaban J connectivity index is 1.56. The lowest BCUT2D eigenvalue weighted by Gasteiger charge is -2.39. The second-order valence-corrected chi connectivity index (χ2v) is 11.1. The van der Waals surface area contributed by atoms with Gasteiger partial charge in [-0.15, -0.1) is 0 Å². The molecule has 1 spiro atoms. The first kappa shape index (κ1) is 22.3. The molecule has 4 aliphatic rings. The summed E-state index contributed by atoms with van der Waals surface area (Å²) in [6.45, 7) is 12.6. The SMILES string of the molecule is CC1C(N2CC3(CCOCC3)c3ncc(N4CCOCC4)cc32)=c2cccc(Cl)c2=NC1(C)C. The van der Waals surface area contributed by atoms with Gasteiger partial charge < -0.3 is 19.3 Å². The summed E-state index contributed by atoms with van der Waals surface area (Å²) in [6.07, 6.45) is 4.07. The molecule has 6 rings (SSSR count). The summed E-state index contributed by atoms with van der Waals surface area (Å²) in [5, 5.41) is 2.77. The summed E-state index contributed by atoms with van der Waals surface area (Å²) in [5.74, 6) is 0.230. The number of morpholine rings is 1. The second kappa shape index (κ2) is 8.21. The van der Waals surface area contributed by atoms with Crippen LogP contribution in [0, 0.1) is 5.92 Å². The van der Waals surface area contributed by atoms with Crippen molar-refractivity contribution in [1.82, 2.24) is 4.98 Å². The van der Waals surface area contributed by atoms with Crippen LogP contribution in [0.15, 0.2) is 35.5 Å². The van der Waals surface area contributed by atoms with Gasteiger partial charge in [0.15, 0.2) is 0 Å². The molecule has 180 valence electrons. The first-order valence-electron chi connectivity index (χ1n) is 12.5. The van der Waals surface area contributed by atoms with Crippen molar-refractivity contribution in [2.24, 2.45) is 10.9 Å². The smallest absolute Gasteiger partial charge is 0.0857 e. The highest BCUT2D eigenvalue weighted by molar-refractivity contribution is 6.30. The minimum atomic E-state index is -0.256. The number of rotatable bonds is 2. The van der Waals surface area contributed by atoms with E-state index in [1.165, 1.54) is 22.8 Å². The molecule has 0 radical (unpaired) electrons. The lowest BCUT2D eigenvalue weighted by atomic mass is 9.78. The quantitative estimate of drug-likeness (QED) is 0.660. The number of hydrogen-bond donors (Lipinski definition) is 0. The second-order valence-electron chi connectivity index (χ2n) is 10.6. The van der Waals surface area contributed by atoms with Gasteiger partial charge in [-0.05, 0) is 38.8 Å². The van der Waals surface area contributed by atoms with Gasteiger partial charge in [0.05, 0.1) is 52.4 Å². The van der Waals surface area contributed by atoms with Crippen molar-refractivity contribution in [2.75, 3.05) is 55.9 Å². The Labute approximate surface area is 206 Å². The van der Waals surface area contributed by atoms with Crippen LogP contribution in [0.3, 0.4) is 0 Å². The summed E-state index contributed by atoms with van der Waals surface area (Å²) in [6, 6.07) is 8.54. The molecule has 2 aromatic rings. The van der Waals surface area contributed by atoms with Crippen molar-refractivity contribution in [3.8, 4) is 0 Å². The predicted octanol–water partition coefficient (Wildman–Crippen LogP) is 3.30. The average Bonchev–Trinajstić information content (AvgIpc) is 3.14. The highest BCUT2D eigenvalue weighted by atomic mass is 35.5. The number of pyridine rings is 1. The van der Waals surface area contributed by atoms with E-state index >= 15 is 0 Å². The maximum atomic E-state index is 6.69. The van der Waals surface area contributed by atoms with Gasteiger partial charge in [-0.2, -0.15) is 0 Å². The zero-order valence-corrected chi connectivity index (χ0v) is 21.1. The third-order valence-corrected chi connectivity index (χ3v) is 8.66. The number of ether oxygens (including phenoxy) is 2. The minimum Gasteiger partial charge on any atom is -0.381 e. The Kier molecular flexibility index (Phi) is 5.39. The zero-order valence-electron chi connectivity index (χ0n) is 20.3. The number of aromatic nitrogens is 1. The van der Waals surface area contributed by atoms with Crippen molar-refractivity contribution in [3.05, 3.63) is 51.8 Å². The third kappa shape index (κ3) is 3.45. The highest BCUT2D eigenvalue weighted by Crippen LogP contribution is 2.50. The van der Waals surface area contributed by atoms with Crippen molar-refractivity contribution >= 4 is 28.7 Å². The molecule has 34 heavy (non-hydrogen) atoms. The Morgan fingerprint density at radius 2 is 1.79 bits per heavy atom. The molecule has 2 saturated heterocycles. The standard InChI is InChI=1S/C27H33ClN4O2/c1-18-24(20-5-4-6-21(28)23(20)30-26(18,2)3)32-17-27(7-11-33-12-8-27)25-22(32)15-19(16-29-25)31-9-13-34-14-10-31/h4-6,15-16,18H,7-14,17H2,1-3H3. The first-order chi connectivity index (χ1) is 16.4. The van der Waals surface area contributed by atoms with Gasteiger partial charge >= 0.3 is 0 Å². The van der Waals surface area contributed by atoms with Crippen LogP contribution in [-0.4, -0.2) is 56.6 Å². The molecule has 6 nitrogen and oxygen atoms in total. The molecule has 4 aliphatic heterocycles. The molecule has 5 heterocycles. The lowest BCUT2D eigenvalue weighted by molar-refractivity contribution is 0.0545. The summed E-state index contributed by atoms with van der Waals surface area (Å²) in [7, 11) is 0. The van der Waals surface area contributed by atoms with Gasteiger partial charge in [0.1, 0.15) is 0 Å². The van der Waals surface area contributed by atoms with Crippen molar-refractivity contribution in [3.63, 3.8) is 0 Å². The molecule has 1 aromatic heterocycles. The largest absolute Gasteiger partial charge is 0.381 e. The van der Waals surface area contributed by atoms with Gasteiger partial charge in [-0.3, -0.25) is 9.98 Å². The molecule has 1 aromatic carbocycles. The topological polar surface area (TPSA) is 50.2 Å². The predicted molar refractivity (Wildman–Crippen MR) is 135 cm³/mol. The third-order valence-electron chi connectivity index (χ3n) is 8.36. The molecular weight excluding hydrogens is 448 g/mol. The van der Waals surface area contributed by atoms with Crippen molar-refractivity contribution < 1.29 is 9.47 Å². The normalized spacial score (nSPS) is 25.2. The van der Waals surface area contributed by atoms with Crippen LogP contribution < -0.4 is 20.4 Å². The van der Waals surface area contributed by atoms with E-state index in [1.807, 2.05) is 12.1 Å². The van der Waals surface area contributed by atoms with Crippen LogP contribution >= 0.6 is 11.6 Å². The number of halogens is 1. The van der Waals surface area contributed by atoms with Gasteiger partial charge in [0.2, 0.25) is 0 Å². The van der Waals surface area contributed by atoms with E-state index in [0.29, 0.717) is 0 Å². The van der Waals surface area contributed by atoms with Crippen molar-refractivity contribution in [1.29, 1.82) is 0 Å². The van der Waals surface area contributed by atoms with Crippen LogP contribution in [0.2, 0.25) is 5.02 Å². The zero-order chi connectivity index (χ0) is 23.5. The molecule has 1 atom stereocenters. The number of anilines is 2. The van der Waals surface area contributed by atoms with E-state index < -0.39 is 0 Å². The van der Waals surface area contributed by atoms with E-state index in [9.17, 15) is 0 Å². The summed E-state index contributed by atoms with van der Waals surface area (Å²) < 4.78 is 11.4. The fourth-order valence-electron chi connectivity index (χ4n) is 6.05. The average molecular weight is 481 g/mol. The lowest BCUT2D eigenvalue weighted by Crippen LogP contribution is -2.49. The Morgan fingerprint density at radius 1 is 1.06 bits per heavy atom. The summed E-state index contributed by atoms with van der Waals surface area (Å²) >= 11 is 6.69. The summed E-state index contributed by atoms with van der Waals surface area (Å²) in [5.41, 5.74) is 4.70. The van der Waals surface area contributed by atoms with E-state index in [4.69, 9.17) is 31.1 Å². The molecule has 2 fully saturated rings. The molecule has 0 saturated carbocycles. The van der Waals surface area contributed by atoms with E-state index in [1.54, 1.807) is 0 Å². The van der Waals surface area contributed by atoms with E-state index in [0.717, 1.165) is 74.5 Å². The van der Waals surface area contributed by atoms with Crippen LogP contribution in [0.5, 0.6) is 0 Å². The summed E-state index contributed by atoms with van der Waals surface area (Å²) in [4.78, 5) is 15.2. The monoisotopic (exact) mass is 480 g/mol. The number of para-hydroxylation sites is 1. The Bertz CT molecular complexity index is 1230. The minimum absolute atomic E-state index is 0.0152. The number of fused-ring (bicyclic) bond motifs is 3. The van der Waals surface area contributed by atoms with Gasteiger partial charge in [0.25, 0.3) is 0 Å². The van der Waals surface area contributed by atoms with Gasteiger partial charge in [-0.25, -0.2) is 0 Å². The van der Waals surface area contributed by atoms with Crippen LogP contribution in [0.1, 0.15) is 39.3 Å². The maximum absolute atomic E-state index is 6.69. The first-order valence-corrected chi connectivity index (χ1v) is 12.8. The van der Waals surface area contributed by atoms with E-state index in [2.05, 4.69) is 48.9 Å². The number of nitrogens with zero attached hydrogens (tertiary/aromatic N) is 4. The van der Waals surface area contributed by atoms with Crippen LogP contribution in [0.25, 0.3) is 5.70 Å². The molecule has 1 unspecified atom stereocenters. The molecule has 0 bridgehead atoms. The van der Waals surface area contributed by atoms with Crippen LogP contribution in [0.4, 0.5) is 11.4 Å². The fraction of sp³-hybridized carbons (Fsp3) is 0.556. The molecule has 7 heteroatoms. The van der Waals surface area contributed by atoms with E-state index in [-0.39, 0.29) is 16.9 Å². The van der Waals surface area contributed by atoms with Crippen LogP contribution in [-0.2, 0) is 14.9 Å². The molecule has 0 N–H and O–H groups in total. The highest BCUT2D eigenvalue weighted by Gasteiger charge is 2.48. The molecule has 0 amide bonds. The van der Waals surface area contributed by atoms with Gasteiger partial charge in [-0.1, -0.05) is 30.7 Å². The fourth-order valence-corrected chi connectivity index (χ4v) is 6.27. The van der Waals surface area contributed by atoms with Gasteiger partial charge in [0, 0.05) is 55.1 Å². The Morgan fingerprint density at radius 3 is 2.56 bits per heavy atom.